The second kappa shape index (κ2) is 4.17. The van der Waals surface area contributed by atoms with Crippen LogP contribution in [-0.4, -0.2) is 24.4 Å². The summed E-state index contributed by atoms with van der Waals surface area (Å²) in [5.41, 5.74) is 2.56. The molecule has 3 heteroatoms. The Kier molecular flexibility index (Phi) is 2.67. The Morgan fingerprint density at radius 3 is 3.06 bits per heavy atom. The number of rotatable bonds is 2. The Morgan fingerprint density at radius 1 is 1.38 bits per heavy atom. The van der Waals surface area contributed by atoms with Crippen molar-refractivity contribution in [2.24, 2.45) is 5.92 Å². The predicted molar refractivity (Wildman–Crippen MR) is 61.0 cm³/mol. The van der Waals surface area contributed by atoms with Crippen LogP contribution in [0.2, 0.25) is 0 Å². The van der Waals surface area contributed by atoms with Crippen LogP contribution in [-0.2, 0) is 11.3 Å². The second-order valence-electron chi connectivity index (χ2n) is 4.67. The first kappa shape index (κ1) is 10.3. The highest BCUT2D eigenvalue weighted by molar-refractivity contribution is 5.34. The minimum absolute atomic E-state index is 0.0860. The molecule has 0 saturated carbocycles. The molecule has 1 aromatic carbocycles. The predicted octanol–water partition coefficient (Wildman–Crippen LogP) is 1.23. The van der Waals surface area contributed by atoms with E-state index in [9.17, 15) is 5.11 Å². The summed E-state index contributed by atoms with van der Waals surface area (Å²) < 4.78 is 5.34. The largest absolute Gasteiger partial charge is 0.391 e. The molecule has 3 rings (SSSR count). The Hall–Kier alpha value is -0.900. The normalized spacial score (nSPS) is 30.3. The third kappa shape index (κ3) is 1.65. The van der Waals surface area contributed by atoms with Crippen LogP contribution in [0.15, 0.2) is 24.3 Å². The second-order valence-corrected chi connectivity index (χ2v) is 4.67. The smallest absolute Gasteiger partial charge is 0.0786 e. The molecule has 2 N–H and O–H groups in total. The minimum Gasteiger partial charge on any atom is -0.391 e. The monoisotopic (exact) mass is 219 g/mol. The molecule has 1 fully saturated rings. The third-order valence-corrected chi connectivity index (χ3v) is 3.69. The number of fused-ring (bicyclic) bond motifs is 1. The Morgan fingerprint density at radius 2 is 2.25 bits per heavy atom. The SMILES string of the molecule is OC(C1CCOC1)C1NCc2ccccc21. The lowest BCUT2D eigenvalue weighted by atomic mass is 9.91. The molecule has 2 heterocycles. The lowest BCUT2D eigenvalue weighted by molar-refractivity contribution is 0.0619. The molecule has 0 spiro atoms. The molecular formula is C13H17NO2. The van der Waals surface area contributed by atoms with E-state index in [1.807, 2.05) is 12.1 Å². The maximum absolute atomic E-state index is 10.4. The van der Waals surface area contributed by atoms with Gasteiger partial charge in [-0.3, -0.25) is 0 Å². The lowest BCUT2D eigenvalue weighted by Gasteiger charge is -2.24. The summed E-state index contributed by atoms with van der Waals surface area (Å²) in [7, 11) is 0. The summed E-state index contributed by atoms with van der Waals surface area (Å²) in [5, 5.41) is 13.7. The maximum Gasteiger partial charge on any atom is 0.0786 e. The van der Waals surface area contributed by atoms with E-state index in [2.05, 4.69) is 17.4 Å². The molecule has 1 aromatic rings. The molecule has 0 radical (unpaired) electrons. The van der Waals surface area contributed by atoms with Gasteiger partial charge in [0, 0.05) is 19.1 Å². The third-order valence-electron chi connectivity index (χ3n) is 3.69. The molecule has 16 heavy (non-hydrogen) atoms. The van der Waals surface area contributed by atoms with Crippen LogP contribution in [0.4, 0.5) is 0 Å². The van der Waals surface area contributed by atoms with Gasteiger partial charge in [0.2, 0.25) is 0 Å². The van der Waals surface area contributed by atoms with Crippen LogP contribution in [0.1, 0.15) is 23.6 Å². The maximum atomic E-state index is 10.4. The molecule has 0 bridgehead atoms. The van der Waals surface area contributed by atoms with E-state index in [1.165, 1.54) is 11.1 Å². The fourth-order valence-corrected chi connectivity index (χ4v) is 2.73. The van der Waals surface area contributed by atoms with E-state index in [0.717, 1.165) is 19.6 Å². The van der Waals surface area contributed by atoms with E-state index in [1.54, 1.807) is 0 Å². The van der Waals surface area contributed by atoms with Crippen LogP contribution in [0, 0.1) is 5.92 Å². The van der Waals surface area contributed by atoms with Gasteiger partial charge in [0.25, 0.3) is 0 Å². The van der Waals surface area contributed by atoms with Crippen molar-refractivity contribution in [3.8, 4) is 0 Å². The highest BCUT2D eigenvalue weighted by Gasteiger charge is 2.34. The lowest BCUT2D eigenvalue weighted by Crippen LogP contribution is -2.33. The molecule has 0 aliphatic carbocycles. The zero-order valence-corrected chi connectivity index (χ0v) is 9.23. The zero-order valence-electron chi connectivity index (χ0n) is 9.23. The highest BCUT2D eigenvalue weighted by Crippen LogP contribution is 2.32. The van der Waals surface area contributed by atoms with Gasteiger partial charge < -0.3 is 15.2 Å². The molecule has 0 aromatic heterocycles. The summed E-state index contributed by atoms with van der Waals surface area (Å²) in [5.74, 6) is 0.281. The van der Waals surface area contributed by atoms with Crippen molar-refractivity contribution in [1.82, 2.24) is 5.32 Å². The van der Waals surface area contributed by atoms with Gasteiger partial charge in [-0.15, -0.1) is 0 Å². The van der Waals surface area contributed by atoms with Crippen molar-refractivity contribution in [3.05, 3.63) is 35.4 Å². The number of hydrogen-bond acceptors (Lipinski definition) is 3. The van der Waals surface area contributed by atoms with Crippen molar-refractivity contribution in [3.63, 3.8) is 0 Å². The van der Waals surface area contributed by atoms with Gasteiger partial charge in [0.15, 0.2) is 0 Å². The summed E-state index contributed by atoms with van der Waals surface area (Å²) in [6, 6.07) is 8.41. The van der Waals surface area contributed by atoms with E-state index in [0.29, 0.717) is 6.61 Å². The first-order valence-electron chi connectivity index (χ1n) is 5.93. The van der Waals surface area contributed by atoms with Gasteiger partial charge in [-0.05, 0) is 17.5 Å². The summed E-state index contributed by atoms with van der Waals surface area (Å²) in [6.45, 7) is 2.35. The van der Waals surface area contributed by atoms with Crippen LogP contribution < -0.4 is 5.32 Å². The van der Waals surface area contributed by atoms with Gasteiger partial charge in [-0.25, -0.2) is 0 Å². The van der Waals surface area contributed by atoms with E-state index in [4.69, 9.17) is 4.74 Å². The molecule has 3 atom stereocenters. The van der Waals surface area contributed by atoms with Crippen LogP contribution >= 0.6 is 0 Å². The van der Waals surface area contributed by atoms with Gasteiger partial charge in [0.1, 0.15) is 0 Å². The average Bonchev–Trinajstić information content (AvgIpc) is 2.98. The molecule has 1 saturated heterocycles. The van der Waals surface area contributed by atoms with Crippen molar-refractivity contribution in [2.75, 3.05) is 13.2 Å². The van der Waals surface area contributed by atoms with E-state index in [-0.39, 0.29) is 18.1 Å². The summed E-state index contributed by atoms with van der Waals surface area (Å²) >= 11 is 0. The molecule has 2 aliphatic rings. The number of ether oxygens (including phenoxy) is 1. The van der Waals surface area contributed by atoms with E-state index >= 15 is 0 Å². The van der Waals surface area contributed by atoms with Crippen LogP contribution in [0.5, 0.6) is 0 Å². The van der Waals surface area contributed by atoms with Crippen molar-refractivity contribution in [2.45, 2.75) is 25.1 Å². The van der Waals surface area contributed by atoms with E-state index < -0.39 is 0 Å². The molecule has 3 unspecified atom stereocenters. The molecule has 3 nitrogen and oxygen atoms in total. The molecule has 0 amide bonds. The van der Waals surface area contributed by atoms with Gasteiger partial charge in [-0.2, -0.15) is 0 Å². The average molecular weight is 219 g/mol. The summed E-state index contributed by atoms with van der Waals surface area (Å²) in [6.07, 6.45) is 0.646. The van der Waals surface area contributed by atoms with Gasteiger partial charge in [0.05, 0.1) is 18.8 Å². The summed E-state index contributed by atoms with van der Waals surface area (Å²) in [4.78, 5) is 0. The number of benzene rings is 1. The molecule has 2 aliphatic heterocycles. The quantitative estimate of drug-likeness (QED) is 0.786. The van der Waals surface area contributed by atoms with Crippen molar-refractivity contribution < 1.29 is 9.84 Å². The fraction of sp³-hybridized carbons (Fsp3) is 0.538. The Balaban J connectivity index is 1.81. The molecule has 86 valence electrons. The zero-order chi connectivity index (χ0) is 11.0. The first-order chi connectivity index (χ1) is 7.86. The van der Waals surface area contributed by atoms with Crippen molar-refractivity contribution >= 4 is 0 Å². The standard InChI is InChI=1S/C13H17NO2/c15-13(10-5-6-16-8-10)12-11-4-2-1-3-9(11)7-14-12/h1-4,10,12-15H,5-8H2. The Bertz CT molecular complexity index is 374. The number of nitrogens with one attached hydrogen (secondary N) is 1. The fourth-order valence-electron chi connectivity index (χ4n) is 2.73. The highest BCUT2D eigenvalue weighted by atomic mass is 16.5. The topological polar surface area (TPSA) is 41.5 Å². The number of aliphatic hydroxyl groups excluding tert-OH is 1. The number of hydrogen-bond donors (Lipinski definition) is 2. The Labute approximate surface area is 95.4 Å². The van der Waals surface area contributed by atoms with Gasteiger partial charge >= 0.3 is 0 Å². The van der Waals surface area contributed by atoms with Crippen molar-refractivity contribution in [1.29, 1.82) is 0 Å². The molecular weight excluding hydrogens is 202 g/mol. The first-order valence-corrected chi connectivity index (χ1v) is 5.93. The van der Waals surface area contributed by atoms with Gasteiger partial charge in [-0.1, -0.05) is 24.3 Å². The minimum atomic E-state index is -0.328. The van der Waals surface area contributed by atoms with Crippen LogP contribution in [0.3, 0.4) is 0 Å². The van der Waals surface area contributed by atoms with Crippen LogP contribution in [0.25, 0.3) is 0 Å². The number of aliphatic hydroxyl groups is 1.